The monoisotopic (exact) mass is 216 g/mol. The number of hydrogen-bond acceptors (Lipinski definition) is 4. The first-order chi connectivity index (χ1) is 7.29. The SMILES string of the molecule is COCCOCC(=O)N1CCCC1CN. The molecule has 5 nitrogen and oxygen atoms in total. The molecule has 1 atom stereocenters. The lowest BCUT2D eigenvalue weighted by molar-refractivity contribution is -0.137. The molecule has 5 heteroatoms. The summed E-state index contributed by atoms with van der Waals surface area (Å²) in [5.41, 5.74) is 5.58. The fraction of sp³-hybridized carbons (Fsp3) is 0.900. The number of amides is 1. The standard InChI is InChI=1S/C10H20N2O3/c1-14-5-6-15-8-10(13)12-4-2-3-9(12)7-11/h9H,2-8,11H2,1H3. The van der Waals surface area contributed by atoms with Crippen LogP contribution >= 0.6 is 0 Å². The highest BCUT2D eigenvalue weighted by Gasteiger charge is 2.27. The Morgan fingerprint density at radius 3 is 3.00 bits per heavy atom. The maximum atomic E-state index is 11.7. The summed E-state index contributed by atoms with van der Waals surface area (Å²) in [7, 11) is 1.61. The van der Waals surface area contributed by atoms with Gasteiger partial charge in [-0.3, -0.25) is 4.79 Å². The van der Waals surface area contributed by atoms with Crippen molar-refractivity contribution in [1.29, 1.82) is 0 Å². The summed E-state index contributed by atoms with van der Waals surface area (Å²) >= 11 is 0. The van der Waals surface area contributed by atoms with Gasteiger partial charge in [0.2, 0.25) is 5.91 Å². The lowest BCUT2D eigenvalue weighted by Gasteiger charge is -2.23. The van der Waals surface area contributed by atoms with E-state index in [0.717, 1.165) is 19.4 Å². The van der Waals surface area contributed by atoms with Crippen molar-refractivity contribution in [3.8, 4) is 0 Å². The molecule has 1 aliphatic rings. The Labute approximate surface area is 90.5 Å². The molecule has 15 heavy (non-hydrogen) atoms. The predicted molar refractivity (Wildman–Crippen MR) is 56.5 cm³/mol. The van der Waals surface area contributed by atoms with Gasteiger partial charge in [0.1, 0.15) is 6.61 Å². The summed E-state index contributed by atoms with van der Waals surface area (Å²) in [5, 5.41) is 0. The van der Waals surface area contributed by atoms with Crippen LogP contribution in [0.15, 0.2) is 0 Å². The number of rotatable bonds is 6. The van der Waals surface area contributed by atoms with Gasteiger partial charge in [0, 0.05) is 26.2 Å². The number of likely N-dealkylation sites (tertiary alicyclic amines) is 1. The lowest BCUT2D eigenvalue weighted by Crippen LogP contribution is -2.41. The average molecular weight is 216 g/mol. The van der Waals surface area contributed by atoms with E-state index in [-0.39, 0.29) is 18.6 Å². The number of hydrogen-bond donors (Lipinski definition) is 1. The summed E-state index contributed by atoms with van der Waals surface area (Å²) < 4.78 is 10.0. The van der Waals surface area contributed by atoms with Gasteiger partial charge in [0.25, 0.3) is 0 Å². The van der Waals surface area contributed by atoms with Crippen molar-refractivity contribution >= 4 is 5.91 Å². The predicted octanol–water partition coefficient (Wildman–Crippen LogP) is -0.401. The Morgan fingerprint density at radius 2 is 2.33 bits per heavy atom. The molecule has 1 heterocycles. The molecule has 0 aromatic heterocycles. The van der Waals surface area contributed by atoms with Crippen molar-refractivity contribution in [2.75, 3.05) is 40.0 Å². The molecule has 1 saturated heterocycles. The average Bonchev–Trinajstić information content (AvgIpc) is 2.72. The van der Waals surface area contributed by atoms with Crippen LogP contribution in [-0.4, -0.2) is 56.9 Å². The third-order valence-electron chi connectivity index (χ3n) is 2.63. The maximum absolute atomic E-state index is 11.7. The Morgan fingerprint density at radius 1 is 1.53 bits per heavy atom. The van der Waals surface area contributed by atoms with Crippen molar-refractivity contribution in [3.05, 3.63) is 0 Å². The highest BCUT2D eigenvalue weighted by atomic mass is 16.5. The van der Waals surface area contributed by atoms with Crippen LogP contribution in [0.4, 0.5) is 0 Å². The van der Waals surface area contributed by atoms with E-state index in [4.69, 9.17) is 15.2 Å². The molecular weight excluding hydrogens is 196 g/mol. The van der Waals surface area contributed by atoms with E-state index in [1.807, 2.05) is 4.90 Å². The molecule has 2 N–H and O–H groups in total. The summed E-state index contributed by atoms with van der Waals surface area (Å²) in [6.07, 6.45) is 2.06. The first-order valence-corrected chi connectivity index (χ1v) is 5.35. The summed E-state index contributed by atoms with van der Waals surface area (Å²) in [5.74, 6) is 0.0408. The summed E-state index contributed by atoms with van der Waals surface area (Å²) in [4.78, 5) is 13.5. The molecule has 0 radical (unpaired) electrons. The number of nitrogens with zero attached hydrogens (tertiary/aromatic N) is 1. The van der Waals surface area contributed by atoms with E-state index in [2.05, 4.69) is 0 Å². The number of nitrogens with two attached hydrogens (primary N) is 1. The van der Waals surface area contributed by atoms with E-state index in [0.29, 0.717) is 19.8 Å². The van der Waals surface area contributed by atoms with Gasteiger partial charge in [0.05, 0.1) is 13.2 Å². The van der Waals surface area contributed by atoms with E-state index in [1.54, 1.807) is 7.11 Å². The molecular formula is C10H20N2O3. The van der Waals surface area contributed by atoms with Crippen molar-refractivity contribution in [2.24, 2.45) is 5.73 Å². The topological polar surface area (TPSA) is 64.8 Å². The highest BCUT2D eigenvalue weighted by Crippen LogP contribution is 2.15. The van der Waals surface area contributed by atoms with Gasteiger partial charge in [-0.1, -0.05) is 0 Å². The molecule has 88 valence electrons. The van der Waals surface area contributed by atoms with E-state index >= 15 is 0 Å². The molecule has 1 unspecified atom stereocenters. The van der Waals surface area contributed by atoms with Crippen molar-refractivity contribution < 1.29 is 14.3 Å². The largest absolute Gasteiger partial charge is 0.382 e. The molecule has 0 saturated carbocycles. The molecule has 1 rings (SSSR count). The molecule has 0 spiro atoms. The fourth-order valence-corrected chi connectivity index (χ4v) is 1.79. The Bertz CT molecular complexity index is 199. The minimum atomic E-state index is 0.0408. The molecule has 0 aromatic rings. The van der Waals surface area contributed by atoms with Crippen LogP contribution in [-0.2, 0) is 14.3 Å². The second-order valence-corrected chi connectivity index (χ2v) is 3.66. The van der Waals surface area contributed by atoms with Crippen LogP contribution in [0.5, 0.6) is 0 Å². The number of ether oxygens (including phenoxy) is 2. The van der Waals surface area contributed by atoms with E-state index < -0.39 is 0 Å². The first-order valence-electron chi connectivity index (χ1n) is 5.35. The minimum absolute atomic E-state index is 0.0408. The van der Waals surface area contributed by atoms with E-state index in [1.165, 1.54) is 0 Å². The zero-order valence-corrected chi connectivity index (χ0v) is 9.28. The van der Waals surface area contributed by atoms with Crippen LogP contribution in [0.25, 0.3) is 0 Å². The normalized spacial score (nSPS) is 20.9. The van der Waals surface area contributed by atoms with Gasteiger partial charge < -0.3 is 20.1 Å². The number of carbonyl (C=O) groups excluding carboxylic acids is 1. The Balaban J connectivity index is 2.21. The van der Waals surface area contributed by atoms with Gasteiger partial charge in [-0.15, -0.1) is 0 Å². The van der Waals surface area contributed by atoms with Gasteiger partial charge in [-0.05, 0) is 12.8 Å². The van der Waals surface area contributed by atoms with Gasteiger partial charge in [0.15, 0.2) is 0 Å². The minimum Gasteiger partial charge on any atom is -0.382 e. The zero-order valence-electron chi connectivity index (χ0n) is 9.28. The first kappa shape index (κ1) is 12.4. The summed E-state index contributed by atoms with van der Waals surface area (Å²) in [6.45, 7) is 2.48. The smallest absolute Gasteiger partial charge is 0.248 e. The van der Waals surface area contributed by atoms with Gasteiger partial charge >= 0.3 is 0 Å². The molecule has 0 bridgehead atoms. The van der Waals surface area contributed by atoms with Gasteiger partial charge in [-0.2, -0.15) is 0 Å². The molecule has 1 aliphatic heterocycles. The van der Waals surface area contributed by atoms with Crippen molar-refractivity contribution in [1.82, 2.24) is 4.90 Å². The lowest BCUT2D eigenvalue weighted by atomic mass is 10.2. The molecule has 0 aromatic carbocycles. The quantitative estimate of drug-likeness (QED) is 0.614. The van der Waals surface area contributed by atoms with Crippen molar-refractivity contribution in [2.45, 2.75) is 18.9 Å². The Hall–Kier alpha value is -0.650. The molecule has 0 aliphatic carbocycles. The maximum Gasteiger partial charge on any atom is 0.248 e. The van der Waals surface area contributed by atoms with Crippen molar-refractivity contribution in [3.63, 3.8) is 0 Å². The van der Waals surface area contributed by atoms with Crippen LogP contribution in [0.2, 0.25) is 0 Å². The highest BCUT2D eigenvalue weighted by molar-refractivity contribution is 5.78. The Kier molecular flexibility index (Phi) is 5.60. The zero-order chi connectivity index (χ0) is 11.1. The van der Waals surface area contributed by atoms with Crippen LogP contribution in [0.1, 0.15) is 12.8 Å². The van der Waals surface area contributed by atoms with Crippen LogP contribution < -0.4 is 5.73 Å². The second-order valence-electron chi connectivity index (χ2n) is 3.66. The second kappa shape index (κ2) is 6.76. The number of carbonyl (C=O) groups is 1. The van der Waals surface area contributed by atoms with Crippen LogP contribution in [0, 0.1) is 0 Å². The van der Waals surface area contributed by atoms with Gasteiger partial charge in [-0.25, -0.2) is 0 Å². The fourth-order valence-electron chi connectivity index (χ4n) is 1.79. The van der Waals surface area contributed by atoms with E-state index in [9.17, 15) is 4.79 Å². The molecule has 1 amide bonds. The summed E-state index contributed by atoms with van der Waals surface area (Å²) in [6, 6.07) is 0.212. The third-order valence-corrected chi connectivity index (χ3v) is 2.63. The number of methoxy groups -OCH3 is 1. The third kappa shape index (κ3) is 3.77. The van der Waals surface area contributed by atoms with Crippen LogP contribution in [0.3, 0.4) is 0 Å². The molecule has 1 fully saturated rings.